The van der Waals surface area contributed by atoms with Crippen molar-refractivity contribution in [3.05, 3.63) is 41.2 Å². The van der Waals surface area contributed by atoms with Crippen LogP contribution in [0.4, 0.5) is 5.69 Å². The number of nitrogens with zero attached hydrogens (tertiary/aromatic N) is 1. The third-order valence-corrected chi connectivity index (χ3v) is 2.75. The van der Waals surface area contributed by atoms with Gasteiger partial charge in [0.15, 0.2) is 0 Å². The molecule has 0 aromatic heterocycles. The molecule has 0 saturated heterocycles. The molecule has 21 heavy (non-hydrogen) atoms. The number of carbonyl (C=O) groups is 1. The predicted octanol–water partition coefficient (Wildman–Crippen LogP) is 3.06. The highest BCUT2D eigenvalue weighted by atomic mass is 16.5. The van der Waals surface area contributed by atoms with Crippen molar-refractivity contribution in [3.63, 3.8) is 0 Å². The highest BCUT2D eigenvalue weighted by Crippen LogP contribution is 2.15. The maximum absolute atomic E-state index is 11.8. The molecule has 0 saturated carbocycles. The Labute approximate surface area is 124 Å². The number of rotatable bonds is 7. The number of ether oxygens (including phenoxy) is 1. The van der Waals surface area contributed by atoms with Gasteiger partial charge in [-0.05, 0) is 31.0 Å². The SMILES string of the molecule is CCC/C(O)=C(\C=Nc1ccc(CO)cc1)C(=O)OCC. The van der Waals surface area contributed by atoms with Crippen LogP contribution in [0.3, 0.4) is 0 Å². The van der Waals surface area contributed by atoms with Crippen molar-refractivity contribution in [2.75, 3.05) is 6.61 Å². The summed E-state index contributed by atoms with van der Waals surface area (Å²) < 4.78 is 4.92. The molecule has 0 fully saturated rings. The van der Waals surface area contributed by atoms with Crippen molar-refractivity contribution in [2.45, 2.75) is 33.3 Å². The maximum Gasteiger partial charge on any atom is 0.343 e. The van der Waals surface area contributed by atoms with Gasteiger partial charge in [0.05, 0.1) is 18.9 Å². The molecule has 0 aliphatic rings. The first-order valence-corrected chi connectivity index (χ1v) is 6.95. The van der Waals surface area contributed by atoms with Crippen molar-refractivity contribution in [3.8, 4) is 0 Å². The standard InChI is InChI=1S/C16H21NO4/c1-3-5-15(19)14(16(20)21-4-2)10-17-13-8-6-12(11-18)7-9-13/h6-10,18-19H,3-5,11H2,1-2H3/b15-14-,17-10?. The third-order valence-electron chi connectivity index (χ3n) is 2.75. The summed E-state index contributed by atoms with van der Waals surface area (Å²) in [5.41, 5.74) is 1.48. The molecule has 0 atom stereocenters. The zero-order valence-electron chi connectivity index (χ0n) is 12.4. The number of hydrogen-bond donors (Lipinski definition) is 2. The first kappa shape index (κ1) is 16.9. The van der Waals surface area contributed by atoms with Gasteiger partial charge in [-0.15, -0.1) is 0 Å². The van der Waals surface area contributed by atoms with Crippen LogP contribution in [-0.2, 0) is 16.1 Å². The summed E-state index contributed by atoms with van der Waals surface area (Å²) in [6, 6.07) is 6.93. The molecule has 0 aliphatic carbocycles. The van der Waals surface area contributed by atoms with Crippen molar-refractivity contribution in [1.29, 1.82) is 0 Å². The average molecular weight is 291 g/mol. The summed E-state index contributed by atoms with van der Waals surface area (Å²) in [4.78, 5) is 16.0. The molecule has 0 unspecified atom stereocenters. The largest absolute Gasteiger partial charge is 0.511 e. The Kier molecular flexibility index (Phi) is 7.18. The second-order valence-corrected chi connectivity index (χ2v) is 4.41. The normalized spacial score (nSPS) is 12.3. The molecule has 0 spiro atoms. The Morgan fingerprint density at radius 2 is 1.95 bits per heavy atom. The van der Waals surface area contributed by atoms with Gasteiger partial charge in [-0.1, -0.05) is 19.1 Å². The number of aliphatic hydroxyl groups excluding tert-OH is 2. The second-order valence-electron chi connectivity index (χ2n) is 4.41. The van der Waals surface area contributed by atoms with Crippen molar-refractivity contribution in [2.24, 2.45) is 4.99 Å². The number of carbonyl (C=O) groups excluding carboxylic acids is 1. The number of aliphatic imine (C=N–C) groups is 1. The molecule has 0 bridgehead atoms. The van der Waals surface area contributed by atoms with Crippen LogP contribution in [0.25, 0.3) is 0 Å². The van der Waals surface area contributed by atoms with Crippen LogP contribution in [0, 0.1) is 0 Å². The van der Waals surface area contributed by atoms with Gasteiger partial charge in [0.2, 0.25) is 0 Å². The number of benzene rings is 1. The highest BCUT2D eigenvalue weighted by molar-refractivity contribution is 6.10. The van der Waals surface area contributed by atoms with Gasteiger partial charge in [-0.3, -0.25) is 4.99 Å². The van der Waals surface area contributed by atoms with Crippen LogP contribution in [0.1, 0.15) is 32.3 Å². The van der Waals surface area contributed by atoms with Gasteiger partial charge in [-0.2, -0.15) is 0 Å². The molecule has 2 N–H and O–H groups in total. The Hall–Kier alpha value is -2.14. The van der Waals surface area contributed by atoms with E-state index in [1.54, 1.807) is 31.2 Å². The van der Waals surface area contributed by atoms with Crippen molar-refractivity contribution < 1.29 is 19.7 Å². The fourth-order valence-electron chi connectivity index (χ4n) is 1.65. The maximum atomic E-state index is 11.8. The van der Waals surface area contributed by atoms with Gasteiger partial charge >= 0.3 is 5.97 Å². The summed E-state index contributed by atoms with van der Waals surface area (Å²) in [7, 11) is 0. The van der Waals surface area contributed by atoms with E-state index in [1.807, 2.05) is 6.92 Å². The molecule has 0 heterocycles. The summed E-state index contributed by atoms with van der Waals surface area (Å²) in [5, 5.41) is 18.9. The zero-order chi connectivity index (χ0) is 15.7. The molecule has 1 aromatic rings. The molecule has 0 aliphatic heterocycles. The Morgan fingerprint density at radius 3 is 2.48 bits per heavy atom. The molecule has 0 radical (unpaired) electrons. The van der Waals surface area contributed by atoms with Gasteiger partial charge < -0.3 is 14.9 Å². The fraction of sp³-hybridized carbons (Fsp3) is 0.375. The lowest BCUT2D eigenvalue weighted by molar-refractivity contribution is -0.138. The van der Waals surface area contributed by atoms with Gasteiger partial charge in [0.25, 0.3) is 0 Å². The Balaban J connectivity index is 2.96. The van der Waals surface area contributed by atoms with E-state index in [2.05, 4.69) is 4.99 Å². The molecule has 5 nitrogen and oxygen atoms in total. The van der Waals surface area contributed by atoms with E-state index in [9.17, 15) is 9.90 Å². The van der Waals surface area contributed by atoms with E-state index in [4.69, 9.17) is 9.84 Å². The average Bonchev–Trinajstić information content (AvgIpc) is 2.48. The zero-order valence-corrected chi connectivity index (χ0v) is 12.4. The van der Waals surface area contributed by atoms with E-state index in [1.165, 1.54) is 6.21 Å². The molecule has 1 aromatic carbocycles. The molecular formula is C16H21NO4. The number of esters is 1. The van der Waals surface area contributed by atoms with E-state index in [0.29, 0.717) is 18.5 Å². The third kappa shape index (κ3) is 5.39. The smallest absolute Gasteiger partial charge is 0.343 e. The topological polar surface area (TPSA) is 79.1 Å². The van der Waals surface area contributed by atoms with E-state index >= 15 is 0 Å². The number of allylic oxidation sites excluding steroid dienone is 1. The molecular weight excluding hydrogens is 270 g/mol. The minimum Gasteiger partial charge on any atom is -0.511 e. The van der Waals surface area contributed by atoms with Gasteiger partial charge in [0, 0.05) is 12.6 Å². The molecule has 0 amide bonds. The Bertz CT molecular complexity index is 518. The van der Waals surface area contributed by atoms with Crippen LogP contribution in [-0.4, -0.2) is 29.0 Å². The van der Waals surface area contributed by atoms with E-state index in [-0.39, 0.29) is 24.5 Å². The first-order chi connectivity index (χ1) is 10.1. The monoisotopic (exact) mass is 291 g/mol. The minimum atomic E-state index is -0.584. The first-order valence-electron chi connectivity index (χ1n) is 6.95. The second kappa shape index (κ2) is 8.92. The van der Waals surface area contributed by atoms with Gasteiger partial charge in [-0.25, -0.2) is 4.79 Å². The van der Waals surface area contributed by atoms with Crippen LogP contribution >= 0.6 is 0 Å². The van der Waals surface area contributed by atoms with Crippen LogP contribution in [0.2, 0.25) is 0 Å². The quantitative estimate of drug-likeness (QED) is 0.350. The highest BCUT2D eigenvalue weighted by Gasteiger charge is 2.14. The lowest BCUT2D eigenvalue weighted by atomic mass is 10.1. The summed E-state index contributed by atoms with van der Waals surface area (Å²) in [6.45, 7) is 3.82. The summed E-state index contributed by atoms with van der Waals surface area (Å²) in [5.74, 6) is -0.606. The van der Waals surface area contributed by atoms with E-state index < -0.39 is 5.97 Å². The van der Waals surface area contributed by atoms with Crippen LogP contribution in [0.15, 0.2) is 40.6 Å². The fourth-order valence-corrected chi connectivity index (χ4v) is 1.65. The molecule has 1 rings (SSSR count). The van der Waals surface area contributed by atoms with E-state index in [0.717, 1.165) is 5.56 Å². The lowest BCUT2D eigenvalue weighted by Crippen LogP contribution is -2.11. The van der Waals surface area contributed by atoms with Crippen LogP contribution in [0.5, 0.6) is 0 Å². The number of hydrogen-bond acceptors (Lipinski definition) is 5. The molecule has 5 heteroatoms. The lowest BCUT2D eigenvalue weighted by Gasteiger charge is -2.05. The molecule has 114 valence electrons. The summed E-state index contributed by atoms with van der Waals surface area (Å²) >= 11 is 0. The predicted molar refractivity (Wildman–Crippen MR) is 81.7 cm³/mol. The number of aliphatic hydroxyl groups is 2. The van der Waals surface area contributed by atoms with Crippen molar-refractivity contribution in [1.82, 2.24) is 0 Å². The Morgan fingerprint density at radius 1 is 1.29 bits per heavy atom. The minimum absolute atomic E-state index is 0.0216. The van der Waals surface area contributed by atoms with Crippen molar-refractivity contribution >= 4 is 17.9 Å². The van der Waals surface area contributed by atoms with Gasteiger partial charge in [0.1, 0.15) is 11.3 Å². The van der Waals surface area contributed by atoms with Crippen LogP contribution < -0.4 is 0 Å². The summed E-state index contributed by atoms with van der Waals surface area (Å²) in [6.07, 6.45) is 2.42.